The third-order valence-electron chi connectivity index (χ3n) is 1.22. The van der Waals surface area contributed by atoms with Crippen molar-refractivity contribution in [3.05, 3.63) is 29.3 Å². The predicted molar refractivity (Wildman–Crippen MR) is 46.6 cm³/mol. The van der Waals surface area contributed by atoms with E-state index in [2.05, 4.69) is 4.98 Å². The number of rotatable bonds is 1. The number of alkyl halides is 1. The topological polar surface area (TPSA) is 36.7 Å². The van der Waals surface area contributed by atoms with Gasteiger partial charge in [0.1, 0.15) is 6.07 Å². The Kier molecular flexibility index (Phi) is 2.76. The molecule has 0 aromatic carbocycles. The zero-order valence-corrected chi connectivity index (χ0v) is 7.67. The maximum Gasteiger partial charge on any atom is 0.176 e. The molecule has 0 radical (unpaired) electrons. The normalized spacial score (nSPS) is 9.18. The van der Waals surface area contributed by atoms with Crippen molar-refractivity contribution in [2.45, 2.75) is 4.43 Å². The average molecular weight is 262 g/mol. The van der Waals surface area contributed by atoms with Crippen molar-refractivity contribution in [1.29, 1.82) is 5.26 Å². The summed E-state index contributed by atoms with van der Waals surface area (Å²) in [5.41, 5.74) is 0.399. The highest BCUT2D eigenvalue weighted by Gasteiger charge is 2.06. The van der Waals surface area contributed by atoms with Crippen LogP contribution < -0.4 is 0 Å². The van der Waals surface area contributed by atoms with Crippen LogP contribution in [-0.4, -0.2) is 4.98 Å². The number of halogens is 2. The van der Waals surface area contributed by atoms with Gasteiger partial charge in [-0.1, -0.05) is 22.6 Å². The highest BCUT2D eigenvalue weighted by atomic mass is 127. The van der Waals surface area contributed by atoms with Crippen molar-refractivity contribution in [3.63, 3.8) is 0 Å². The van der Waals surface area contributed by atoms with Crippen LogP contribution in [0, 0.1) is 17.1 Å². The molecular formula is C7H4FIN2. The number of aromatic nitrogens is 1. The average Bonchev–Trinajstić information content (AvgIpc) is 2.05. The maximum atomic E-state index is 13.0. The molecule has 0 unspecified atom stereocenters. The number of hydrogen-bond donors (Lipinski definition) is 0. The molecule has 0 atom stereocenters. The van der Waals surface area contributed by atoms with Crippen LogP contribution in [-0.2, 0) is 4.43 Å². The van der Waals surface area contributed by atoms with Gasteiger partial charge in [-0.05, 0) is 6.07 Å². The summed E-state index contributed by atoms with van der Waals surface area (Å²) >= 11 is 2.03. The van der Waals surface area contributed by atoms with E-state index in [4.69, 9.17) is 5.26 Å². The Morgan fingerprint density at radius 2 is 2.45 bits per heavy atom. The first-order valence-corrected chi connectivity index (χ1v) is 4.41. The molecule has 0 aliphatic rings. The van der Waals surface area contributed by atoms with E-state index >= 15 is 0 Å². The molecule has 1 heterocycles. The Morgan fingerprint density at radius 3 is 3.00 bits per heavy atom. The SMILES string of the molecule is N#Cc1nccc(CI)c1F. The van der Waals surface area contributed by atoms with Crippen LogP contribution in [0.1, 0.15) is 11.3 Å². The van der Waals surface area contributed by atoms with Crippen LogP contribution in [0.2, 0.25) is 0 Å². The van der Waals surface area contributed by atoms with Gasteiger partial charge in [-0.2, -0.15) is 5.26 Å². The Balaban J connectivity index is 3.23. The van der Waals surface area contributed by atoms with E-state index in [1.165, 1.54) is 6.20 Å². The van der Waals surface area contributed by atoms with Crippen molar-refractivity contribution in [2.75, 3.05) is 0 Å². The van der Waals surface area contributed by atoms with E-state index in [9.17, 15) is 4.39 Å². The summed E-state index contributed by atoms with van der Waals surface area (Å²) < 4.78 is 13.5. The molecule has 4 heteroatoms. The molecule has 0 aliphatic carbocycles. The summed E-state index contributed by atoms with van der Waals surface area (Å²) in [6.45, 7) is 0. The van der Waals surface area contributed by atoms with Gasteiger partial charge in [0.15, 0.2) is 11.5 Å². The molecule has 1 aromatic heterocycles. The first kappa shape index (κ1) is 8.40. The van der Waals surface area contributed by atoms with Crippen LogP contribution in [0.25, 0.3) is 0 Å². The van der Waals surface area contributed by atoms with E-state index in [0.29, 0.717) is 9.99 Å². The molecule has 56 valence electrons. The summed E-state index contributed by atoms with van der Waals surface area (Å²) in [6.07, 6.45) is 1.44. The third-order valence-corrected chi connectivity index (χ3v) is 2.04. The van der Waals surface area contributed by atoms with Crippen molar-refractivity contribution in [3.8, 4) is 6.07 Å². The lowest BCUT2D eigenvalue weighted by Gasteiger charge is -1.96. The van der Waals surface area contributed by atoms with Gasteiger partial charge < -0.3 is 0 Å². The Labute approximate surface area is 77.2 Å². The molecule has 1 rings (SSSR count). The lowest BCUT2D eigenvalue weighted by atomic mass is 10.2. The molecule has 0 bridgehead atoms. The third kappa shape index (κ3) is 1.66. The van der Waals surface area contributed by atoms with E-state index in [1.807, 2.05) is 22.6 Å². The Morgan fingerprint density at radius 1 is 1.73 bits per heavy atom. The van der Waals surface area contributed by atoms with E-state index in [1.54, 1.807) is 12.1 Å². The van der Waals surface area contributed by atoms with Gasteiger partial charge >= 0.3 is 0 Å². The monoisotopic (exact) mass is 262 g/mol. The van der Waals surface area contributed by atoms with Gasteiger partial charge in [0.25, 0.3) is 0 Å². The fourth-order valence-corrected chi connectivity index (χ4v) is 1.25. The standard InChI is InChI=1S/C7H4FIN2/c8-7-5(3-9)1-2-11-6(7)4-10/h1-2H,3H2. The quantitative estimate of drug-likeness (QED) is 0.573. The highest BCUT2D eigenvalue weighted by molar-refractivity contribution is 14.1. The summed E-state index contributed by atoms with van der Waals surface area (Å²) in [6, 6.07) is 3.25. The smallest absolute Gasteiger partial charge is 0.176 e. The number of pyridine rings is 1. The van der Waals surface area contributed by atoms with Crippen LogP contribution >= 0.6 is 22.6 Å². The highest BCUT2D eigenvalue weighted by Crippen LogP contribution is 2.12. The second-order valence-electron chi connectivity index (χ2n) is 1.88. The van der Waals surface area contributed by atoms with Gasteiger partial charge in [-0.15, -0.1) is 0 Å². The van der Waals surface area contributed by atoms with Gasteiger partial charge in [-0.25, -0.2) is 9.37 Å². The van der Waals surface area contributed by atoms with Crippen molar-refractivity contribution in [2.24, 2.45) is 0 Å². The molecule has 0 N–H and O–H groups in total. The molecule has 0 aliphatic heterocycles. The summed E-state index contributed by atoms with van der Waals surface area (Å²) in [5, 5.41) is 8.38. The molecule has 1 aromatic rings. The predicted octanol–water partition coefficient (Wildman–Crippen LogP) is 2.03. The number of nitriles is 1. The Hall–Kier alpha value is -0.700. The molecule has 11 heavy (non-hydrogen) atoms. The fraction of sp³-hybridized carbons (Fsp3) is 0.143. The molecule has 0 amide bonds. The van der Waals surface area contributed by atoms with Gasteiger partial charge in [-0.3, -0.25) is 0 Å². The minimum Gasteiger partial charge on any atom is -0.243 e. The molecule has 0 fully saturated rings. The minimum absolute atomic E-state index is 0.126. The van der Waals surface area contributed by atoms with Crippen LogP contribution in [0.5, 0.6) is 0 Å². The lowest BCUT2D eigenvalue weighted by molar-refractivity contribution is 0.606. The summed E-state index contributed by atoms with van der Waals surface area (Å²) in [7, 11) is 0. The lowest BCUT2D eigenvalue weighted by Crippen LogP contribution is -1.93. The number of hydrogen-bond acceptors (Lipinski definition) is 2. The summed E-state index contributed by atoms with van der Waals surface area (Å²) in [4.78, 5) is 3.57. The van der Waals surface area contributed by atoms with Gasteiger partial charge in [0.05, 0.1) is 0 Å². The minimum atomic E-state index is -0.496. The van der Waals surface area contributed by atoms with Crippen molar-refractivity contribution < 1.29 is 4.39 Å². The molecule has 0 saturated heterocycles. The molecular weight excluding hydrogens is 258 g/mol. The van der Waals surface area contributed by atoms with Crippen LogP contribution in [0.4, 0.5) is 4.39 Å². The molecule has 2 nitrogen and oxygen atoms in total. The zero-order valence-electron chi connectivity index (χ0n) is 5.51. The van der Waals surface area contributed by atoms with E-state index in [-0.39, 0.29) is 5.69 Å². The van der Waals surface area contributed by atoms with Gasteiger partial charge in [0.2, 0.25) is 0 Å². The maximum absolute atomic E-state index is 13.0. The summed E-state index contributed by atoms with van der Waals surface area (Å²) in [5.74, 6) is -0.496. The second kappa shape index (κ2) is 3.62. The van der Waals surface area contributed by atoms with Crippen LogP contribution in [0.3, 0.4) is 0 Å². The molecule has 0 spiro atoms. The van der Waals surface area contributed by atoms with Gasteiger partial charge in [0, 0.05) is 16.2 Å². The van der Waals surface area contributed by atoms with E-state index in [0.717, 1.165) is 0 Å². The largest absolute Gasteiger partial charge is 0.243 e. The second-order valence-corrected chi connectivity index (χ2v) is 2.64. The zero-order chi connectivity index (χ0) is 8.27. The fourth-order valence-electron chi connectivity index (χ4n) is 0.665. The first-order valence-electron chi connectivity index (χ1n) is 2.89. The van der Waals surface area contributed by atoms with Crippen LogP contribution in [0.15, 0.2) is 12.3 Å². The number of nitrogens with zero attached hydrogens (tertiary/aromatic N) is 2. The first-order chi connectivity index (χ1) is 5.29. The Bertz CT molecular complexity index is 306. The van der Waals surface area contributed by atoms with Crippen molar-refractivity contribution in [1.82, 2.24) is 4.98 Å². The molecule has 0 saturated carbocycles. The van der Waals surface area contributed by atoms with Crippen molar-refractivity contribution >= 4 is 22.6 Å². The van der Waals surface area contributed by atoms with E-state index < -0.39 is 5.82 Å².